The molecule has 0 aliphatic heterocycles. The van der Waals surface area contributed by atoms with E-state index in [1.54, 1.807) is 36.1 Å². The summed E-state index contributed by atoms with van der Waals surface area (Å²) in [6.07, 6.45) is 0.110. The van der Waals surface area contributed by atoms with Crippen molar-refractivity contribution in [3.05, 3.63) is 65.7 Å². The Morgan fingerprint density at radius 3 is 2.41 bits per heavy atom. The standard InChI is InChI=1S/C21H26N2O3.ClH/c1-16(24)19-9-6-10-20(15-19)26-17(2)21(25)23(14-12-22)13-11-18-7-4-3-5-8-18;/h3-10,15,17H,11-14,22H2,1-2H3;1H. The van der Waals surface area contributed by atoms with E-state index in [4.69, 9.17) is 10.5 Å². The largest absolute Gasteiger partial charge is 0.481 e. The molecule has 0 heterocycles. The van der Waals surface area contributed by atoms with Crippen molar-refractivity contribution in [1.82, 2.24) is 4.90 Å². The highest BCUT2D eigenvalue weighted by Gasteiger charge is 2.21. The lowest BCUT2D eigenvalue weighted by molar-refractivity contribution is -0.137. The van der Waals surface area contributed by atoms with Crippen molar-refractivity contribution >= 4 is 24.1 Å². The second-order valence-corrected chi connectivity index (χ2v) is 6.19. The molecule has 0 bridgehead atoms. The first-order valence-electron chi connectivity index (χ1n) is 8.81. The van der Waals surface area contributed by atoms with Gasteiger partial charge < -0.3 is 15.4 Å². The van der Waals surface area contributed by atoms with Crippen LogP contribution in [0, 0.1) is 0 Å². The highest BCUT2D eigenvalue weighted by atomic mass is 35.5. The van der Waals surface area contributed by atoms with Crippen molar-refractivity contribution in [2.45, 2.75) is 26.4 Å². The topological polar surface area (TPSA) is 72.6 Å². The third kappa shape index (κ3) is 7.04. The number of ether oxygens (including phenoxy) is 1. The quantitative estimate of drug-likeness (QED) is 0.668. The van der Waals surface area contributed by atoms with Crippen molar-refractivity contribution < 1.29 is 14.3 Å². The van der Waals surface area contributed by atoms with Gasteiger partial charge in [0.2, 0.25) is 0 Å². The number of rotatable bonds is 9. The summed E-state index contributed by atoms with van der Waals surface area (Å²) in [6, 6.07) is 16.9. The van der Waals surface area contributed by atoms with Crippen LogP contribution in [0.5, 0.6) is 5.75 Å². The number of halogens is 1. The van der Waals surface area contributed by atoms with Crippen LogP contribution < -0.4 is 10.5 Å². The average molecular weight is 391 g/mol. The average Bonchev–Trinajstić information content (AvgIpc) is 2.65. The van der Waals surface area contributed by atoms with Gasteiger partial charge in [0.05, 0.1) is 0 Å². The smallest absolute Gasteiger partial charge is 0.263 e. The van der Waals surface area contributed by atoms with Crippen molar-refractivity contribution in [3.8, 4) is 5.75 Å². The maximum absolute atomic E-state index is 12.8. The molecule has 0 aromatic heterocycles. The van der Waals surface area contributed by atoms with Gasteiger partial charge in [-0.2, -0.15) is 0 Å². The Kier molecular flexibility index (Phi) is 9.54. The van der Waals surface area contributed by atoms with Gasteiger partial charge in [-0.15, -0.1) is 12.4 Å². The second-order valence-electron chi connectivity index (χ2n) is 6.19. The van der Waals surface area contributed by atoms with Gasteiger partial charge in [0.1, 0.15) is 5.75 Å². The lowest BCUT2D eigenvalue weighted by Crippen LogP contribution is -2.43. The summed E-state index contributed by atoms with van der Waals surface area (Å²) in [5.41, 5.74) is 7.40. The number of benzene rings is 2. The van der Waals surface area contributed by atoms with E-state index in [0.717, 1.165) is 6.42 Å². The predicted octanol–water partition coefficient (Wildman–Crippen LogP) is 3.11. The van der Waals surface area contributed by atoms with Crippen LogP contribution in [0.2, 0.25) is 0 Å². The Labute approximate surface area is 166 Å². The summed E-state index contributed by atoms with van der Waals surface area (Å²) in [5, 5.41) is 0. The number of nitrogens with two attached hydrogens (primary N) is 1. The van der Waals surface area contributed by atoms with E-state index in [2.05, 4.69) is 0 Å². The second kappa shape index (κ2) is 11.4. The number of ketones is 1. The third-order valence-electron chi connectivity index (χ3n) is 4.13. The van der Waals surface area contributed by atoms with E-state index in [1.807, 2.05) is 30.3 Å². The zero-order chi connectivity index (χ0) is 18.9. The fourth-order valence-electron chi connectivity index (χ4n) is 2.70. The Morgan fingerprint density at radius 1 is 1.07 bits per heavy atom. The normalized spacial score (nSPS) is 11.2. The number of nitrogens with zero attached hydrogens (tertiary/aromatic N) is 1. The van der Waals surface area contributed by atoms with Gasteiger partial charge in [0, 0.05) is 25.2 Å². The number of carbonyl (C=O) groups is 2. The molecule has 1 amide bonds. The van der Waals surface area contributed by atoms with Crippen molar-refractivity contribution in [1.29, 1.82) is 0 Å². The van der Waals surface area contributed by atoms with Gasteiger partial charge in [0.25, 0.3) is 5.91 Å². The summed E-state index contributed by atoms with van der Waals surface area (Å²) < 4.78 is 5.76. The van der Waals surface area contributed by atoms with Crippen LogP contribution in [0.25, 0.3) is 0 Å². The zero-order valence-corrected chi connectivity index (χ0v) is 16.6. The van der Waals surface area contributed by atoms with Crippen molar-refractivity contribution in [2.75, 3.05) is 19.6 Å². The number of hydrogen-bond acceptors (Lipinski definition) is 4. The Morgan fingerprint density at radius 2 is 1.78 bits per heavy atom. The van der Waals surface area contributed by atoms with Crippen LogP contribution in [-0.2, 0) is 11.2 Å². The van der Waals surface area contributed by atoms with Gasteiger partial charge in [0.15, 0.2) is 11.9 Å². The summed E-state index contributed by atoms with van der Waals surface area (Å²) >= 11 is 0. The minimum Gasteiger partial charge on any atom is -0.481 e. The molecule has 0 radical (unpaired) electrons. The molecule has 0 saturated carbocycles. The van der Waals surface area contributed by atoms with Gasteiger partial charge in [-0.3, -0.25) is 9.59 Å². The van der Waals surface area contributed by atoms with Gasteiger partial charge in [-0.1, -0.05) is 42.5 Å². The highest BCUT2D eigenvalue weighted by molar-refractivity contribution is 5.94. The fourth-order valence-corrected chi connectivity index (χ4v) is 2.70. The van der Waals surface area contributed by atoms with Crippen LogP contribution >= 0.6 is 12.4 Å². The molecule has 0 fully saturated rings. The third-order valence-corrected chi connectivity index (χ3v) is 4.13. The predicted molar refractivity (Wildman–Crippen MR) is 110 cm³/mol. The fraction of sp³-hybridized carbons (Fsp3) is 0.333. The van der Waals surface area contributed by atoms with Crippen molar-refractivity contribution in [2.24, 2.45) is 5.73 Å². The van der Waals surface area contributed by atoms with Gasteiger partial charge in [-0.05, 0) is 38.0 Å². The van der Waals surface area contributed by atoms with E-state index in [0.29, 0.717) is 30.9 Å². The molecule has 1 unspecified atom stereocenters. The maximum atomic E-state index is 12.8. The van der Waals surface area contributed by atoms with E-state index >= 15 is 0 Å². The minimum atomic E-state index is -0.653. The molecule has 27 heavy (non-hydrogen) atoms. The van der Waals surface area contributed by atoms with E-state index < -0.39 is 6.10 Å². The van der Waals surface area contributed by atoms with Crippen LogP contribution in [-0.4, -0.2) is 42.3 Å². The summed E-state index contributed by atoms with van der Waals surface area (Å²) in [7, 11) is 0. The van der Waals surface area contributed by atoms with E-state index in [-0.39, 0.29) is 24.1 Å². The van der Waals surface area contributed by atoms with Gasteiger partial charge in [-0.25, -0.2) is 0 Å². The van der Waals surface area contributed by atoms with Crippen LogP contribution in [0.1, 0.15) is 29.8 Å². The Balaban J connectivity index is 0.00000364. The molecule has 6 heteroatoms. The molecule has 2 aromatic carbocycles. The molecule has 0 saturated heterocycles. The lowest BCUT2D eigenvalue weighted by atomic mass is 10.1. The highest BCUT2D eigenvalue weighted by Crippen LogP contribution is 2.16. The zero-order valence-electron chi connectivity index (χ0n) is 15.8. The first-order chi connectivity index (χ1) is 12.5. The number of amides is 1. The van der Waals surface area contributed by atoms with Crippen LogP contribution in [0.15, 0.2) is 54.6 Å². The van der Waals surface area contributed by atoms with Crippen LogP contribution in [0.4, 0.5) is 0 Å². The molecule has 2 N–H and O–H groups in total. The molecule has 5 nitrogen and oxygen atoms in total. The number of Topliss-reactive ketones (excluding diaryl/α,β-unsaturated/α-hetero) is 1. The van der Waals surface area contributed by atoms with E-state index in [9.17, 15) is 9.59 Å². The number of hydrogen-bond donors (Lipinski definition) is 1. The van der Waals surface area contributed by atoms with Crippen LogP contribution in [0.3, 0.4) is 0 Å². The molecular formula is C21H27ClN2O3. The molecule has 2 aromatic rings. The minimum absolute atomic E-state index is 0. The molecule has 1 atom stereocenters. The van der Waals surface area contributed by atoms with Gasteiger partial charge >= 0.3 is 0 Å². The summed E-state index contributed by atoms with van der Waals surface area (Å²) in [4.78, 5) is 26.0. The summed E-state index contributed by atoms with van der Waals surface area (Å²) in [6.45, 7) is 4.68. The first-order valence-corrected chi connectivity index (χ1v) is 8.81. The summed E-state index contributed by atoms with van der Waals surface area (Å²) in [5.74, 6) is 0.357. The molecular weight excluding hydrogens is 364 g/mol. The molecule has 146 valence electrons. The van der Waals surface area contributed by atoms with Crippen molar-refractivity contribution in [3.63, 3.8) is 0 Å². The SMILES string of the molecule is CC(=O)c1cccc(OC(C)C(=O)N(CCN)CCc2ccccc2)c1.Cl. The number of carbonyl (C=O) groups excluding carboxylic acids is 2. The Bertz CT molecular complexity index is 737. The Hall–Kier alpha value is -2.37. The molecule has 2 rings (SSSR count). The first kappa shape index (κ1) is 22.7. The maximum Gasteiger partial charge on any atom is 0.263 e. The molecule has 0 aliphatic carbocycles. The van der Waals surface area contributed by atoms with E-state index in [1.165, 1.54) is 12.5 Å². The molecule has 0 aliphatic rings. The monoisotopic (exact) mass is 390 g/mol. The molecule has 0 spiro atoms. The lowest BCUT2D eigenvalue weighted by Gasteiger charge is -2.26.